The fourth-order valence-electron chi connectivity index (χ4n) is 4.00. The molecule has 1 amide bonds. The monoisotopic (exact) mass is 272 g/mol. The number of benzene rings is 1. The summed E-state index contributed by atoms with van der Waals surface area (Å²) in [7, 11) is 0. The third-order valence-electron chi connectivity index (χ3n) is 5.14. The van der Waals surface area contributed by atoms with Crippen LogP contribution in [-0.2, 0) is 11.3 Å². The minimum absolute atomic E-state index is 0.167. The van der Waals surface area contributed by atoms with Crippen LogP contribution >= 0.6 is 0 Å². The van der Waals surface area contributed by atoms with Crippen LogP contribution in [0, 0.1) is 24.7 Å². The molecule has 0 aromatic heterocycles. The van der Waals surface area contributed by atoms with E-state index in [2.05, 4.69) is 5.32 Å². The maximum atomic E-state index is 12.3. The molecule has 2 aliphatic rings. The number of nitrogens with two attached hydrogens (primary N) is 1. The maximum absolute atomic E-state index is 12.3. The quantitative estimate of drug-likeness (QED) is 0.884. The van der Waals surface area contributed by atoms with Crippen molar-refractivity contribution in [2.24, 2.45) is 23.5 Å². The Morgan fingerprint density at radius 1 is 1.35 bits per heavy atom. The zero-order chi connectivity index (χ0) is 14.1. The summed E-state index contributed by atoms with van der Waals surface area (Å²) < 4.78 is 0. The van der Waals surface area contributed by atoms with Crippen LogP contribution in [0.15, 0.2) is 18.2 Å². The summed E-state index contributed by atoms with van der Waals surface area (Å²) in [6, 6.07) is 6.03. The molecule has 2 saturated carbocycles. The lowest BCUT2D eigenvalue weighted by atomic mass is 9.86. The molecule has 3 N–H and O–H groups in total. The van der Waals surface area contributed by atoms with Gasteiger partial charge in [0.1, 0.15) is 0 Å². The molecule has 0 saturated heterocycles. The molecule has 3 rings (SSSR count). The van der Waals surface area contributed by atoms with Gasteiger partial charge in [-0.1, -0.05) is 18.6 Å². The van der Waals surface area contributed by atoms with Gasteiger partial charge in [-0.2, -0.15) is 0 Å². The smallest absolute Gasteiger partial charge is 0.224 e. The van der Waals surface area contributed by atoms with Crippen molar-refractivity contribution in [2.75, 3.05) is 5.32 Å². The summed E-state index contributed by atoms with van der Waals surface area (Å²) in [5.74, 6) is 2.49. The van der Waals surface area contributed by atoms with E-state index in [1.807, 2.05) is 25.1 Å². The van der Waals surface area contributed by atoms with E-state index in [-0.39, 0.29) is 5.91 Å². The molecule has 0 aliphatic heterocycles. The molecule has 3 nitrogen and oxygen atoms in total. The van der Waals surface area contributed by atoms with E-state index in [0.717, 1.165) is 28.7 Å². The van der Waals surface area contributed by atoms with Crippen LogP contribution < -0.4 is 11.1 Å². The van der Waals surface area contributed by atoms with Crippen molar-refractivity contribution in [1.29, 1.82) is 0 Å². The lowest BCUT2D eigenvalue weighted by Crippen LogP contribution is -2.20. The normalized spacial score (nSPS) is 27.8. The molecule has 3 atom stereocenters. The van der Waals surface area contributed by atoms with E-state index < -0.39 is 0 Å². The second-order valence-electron chi connectivity index (χ2n) is 6.54. The average molecular weight is 272 g/mol. The number of carbonyl (C=O) groups excluding carboxylic acids is 1. The second kappa shape index (κ2) is 5.57. The van der Waals surface area contributed by atoms with E-state index in [0.29, 0.717) is 18.9 Å². The first-order chi connectivity index (χ1) is 9.65. The van der Waals surface area contributed by atoms with Crippen molar-refractivity contribution >= 4 is 11.6 Å². The van der Waals surface area contributed by atoms with Crippen LogP contribution in [0.3, 0.4) is 0 Å². The van der Waals surface area contributed by atoms with Crippen LogP contribution in [0.4, 0.5) is 5.69 Å². The van der Waals surface area contributed by atoms with Gasteiger partial charge < -0.3 is 11.1 Å². The van der Waals surface area contributed by atoms with Gasteiger partial charge in [-0.05, 0) is 61.1 Å². The van der Waals surface area contributed by atoms with Gasteiger partial charge in [-0.15, -0.1) is 0 Å². The molecule has 2 bridgehead atoms. The number of carbonyl (C=O) groups is 1. The van der Waals surface area contributed by atoms with Crippen LogP contribution in [0.5, 0.6) is 0 Å². The Labute approximate surface area is 120 Å². The van der Waals surface area contributed by atoms with Crippen molar-refractivity contribution in [2.45, 2.75) is 45.6 Å². The number of hydrogen-bond acceptors (Lipinski definition) is 2. The van der Waals surface area contributed by atoms with Gasteiger partial charge in [0.2, 0.25) is 5.91 Å². The Kier molecular flexibility index (Phi) is 3.79. The fraction of sp³-hybridized carbons (Fsp3) is 0.588. The van der Waals surface area contributed by atoms with E-state index >= 15 is 0 Å². The number of amides is 1. The highest BCUT2D eigenvalue weighted by Crippen LogP contribution is 2.49. The molecule has 2 fully saturated rings. The van der Waals surface area contributed by atoms with E-state index in [4.69, 9.17) is 5.73 Å². The minimum Gasteiger partial charge on any atom is -0.326 e. The Morgan fingerprint density at radius 2 is 2.20 bits per heavy atom. The summed E-state index contributed by atoms with van der Waals surface area (Å²) in [5.41, 5.74) is 8.74. The summed E-state index contributed by atoms with van der Waals surface area (Å²) in [6.07, 6.45) is 6.04. The van der Waals surface area contributed by atoms with Gasteiger partial charge in [-0.25, -0.2) is 0 Å². The van der Waals surface area contributed by atoms with E-state index in [9.17, 15) is 4.79 Å². The number of hydrogen-bond donors (Lipinski definition) is 2. The Balaban J connectivity index is 1.61. The fourth-order valence-corrected chi connectivity index (χ4v) is 4.00. The molecule has 0 heterocycles. The Bertz CT molecular complexity index is 512. The number of anilines is 1. The van der Waals surface area contributed by atoms with Crippen molar-refractivity contribution < 1.29 is 4.79 Å². The molecule has 108 valence electrons. The largest absolute Gasteiger partial charge is 0.326 e. The molecule has 3 heteroatoms. The SMILES string of the molecule is Cc1ccc(CN)cc1NC(=O)CC1CC2CCC1C2. The number of nitrogens with one attached hydrogen (secondary N) is 1. The highest BCUT2D eigenvalue weighted by atomic mass is 16.1. The number of fused-ring (bicyclic) bond motifs is 2. The molecule has 1 aromatic carbocycles. The number of aryl methyl sites for hydroxylation is 1. The van der Waals surface area contributed by atoms with Crippen molar-refractivity contribution in [3.8, 4) is 0 Å². The third kappa shape index (κ3) is 2.73. The molecule has 3 unspecified atom stereocenters. The van der Waals surface area contributed by atoms with Gasteiger partial charge >= 0.3 is 0 Å². The summed E-state index contributed by atoms with van der Waals surface area (Å²) in [4.78, 5) is 12.3. The van der Waals surface area contributed by atoms with Crippen molar-refractivity contribution in [3.63, 3.8) is 0 Å². The lowest BCUT2D eigenvalue weighted by Gasteiger charge is -2.21. The summed E-state index contributed by atoms with van der Waals surface area (Å²) in [6.45, 7) is 2.53. The maximum Gasteiger partial charge on any atom is 0.224 e. The molecule has 20 heavy (non-hydrogen) atoms. The molecule has 0 spiro atoms. The standard InChI is InChI=1S/C17H24N2O/c1-11-2-3-13(10-18)8-16(11)19-17(20)9-15-7-12-4-5-14(15)6-12/h2-3,8,12,14-15H,4-7,9-10,18H2,1H3,(H,19,20). The van der Waals surface area contributed by atoms with E-state index in [1.54, 1.807) is 0 Å². The molecule has 0 radical (unpaired) electrons. The number of rotatable bonds is 4. The molecule has 2 aliphatic carbocycles. The van der Waals surface area contributed by atoms with Gasteiger partial charge in [0.15, 0.2) is 0 Å². The molecular weight excluding hydrogens is 248 g/mol. The predicted molar refractivity (Wildman–Crippen MR) is 81.3 cm³/mol. The van der Waals surface area contributed by atoms with Gasteiger partial charge in [-0.3, -0.25) is 4.79 Å². The van der Waals surface area contributed by atoms with Gasteiger partial charge in [0.05, 0.1) is 0 Å². The highest BCUT2D eigenvalue weighted by Gasteiger charge is 2.40. The Morgan fingerprint density at radius 3 is 2.85 bits per heavy atom. The van der Waals surface area contributed by atoms with Gasteiger partial charge in [0, 0.05) is 18.7 Å². The Hall–Kier alpha value is -1.35. The molecule has 1 aromatic rings. The zero-order valence-electron chi connectivity index (χ0n) is 12.2. The highest BCUT2D eigenvalue weighted by molar-refractivity contribution is 5.91. The first kappa shape index (κ1) is 13.6. The van der Waals surface area contributed by atoms with Crippen LogP contribution in [0.25, 0.3) is 0 Å². The van der Waals surface area contributed by atoms with Crippen LogP contribution in [-0.4, -0.2) is 5.91 Å². The van der Waals surface area contributed by atoms with E-state index in [1.165, 1.54) is 25.7 Å². The van der Waals surface area contributed by atoms with Crippen molar-refractivity contribution in [1.82, 2.24) is 0 Å². The van der Waals surface area contributed by atoms with Crippen LogP contribution in [0.1, 0.15) is 43.2 Å². The lowest BCUT2D eigenvalue weighted by molar-refractivity contribution is -0.117. The summed E-state index contributed by atoms with van der Waals surface area (Å²) >= 11 is 0. The summed E-state index contributed by atoms with van der Waals surface area (Å²) in [5, 5.41) is 3.08. The van der Waals surface area contributed by atoms with Crippen molar-refractivity contribution in [3.05, 3.63) is 29.3 Å². The topological polar surface area (TPSA) is 55.1 Å². The first-order valence-corrected chi connectivity index (χ1v) is 7.75. The minimum atomic E-state index is 0.167. The predicted octanol–water partition coefficient (Wildman–Crippen LogP) is 3.22. The molecular formula is C17H24N2O. The van der Waals surface area contributed by atoms with Crippen LogP contribution in [0.2, 0.25) is 0 Å². The first-order valence-electron chi connectivity index (χ1n) is 7.75. The average Bonchev–Trinajstić information content (AvgIpc) is 3.03. The van der Waals surface area contributed by atoms with Gasteiger partial charge in [0.25, 0.3) is 0 Å². The zero-order valence-corrected chi connectivity index (χ0v) is 12.2. The second-order valence-corrected chi connectivity index (χ2v) is 6.54. The third-order valence-corrected chi connectivity index (χ3v) is 5.14.